The molecule has 0 aliphatic heterocycles. The minimum Gasteiger partial charge on any atom is -0.487 e. The average Bonchev–Trinajstić information content (AvgIpc) is 2.51. The summed E-state index contributed by atoms with van der Waals surface area (Å²) in [6.45, 7) is -2.60. The third-order valence-corrected chi connectivity index (χ3v) is 3.05. The van der Waals surface area contributed by atoms with Gasteiger partial charge in [-0.15, -0.1) is 6.42 Å². The van der Waals surface area contributed by atoms with Gasteiger partial charge in [-0.05, 0) is 24.3 Å². The lowest BCUT2D eigenvalue weighted by atomic mass is 9.98. The fourth-order valence-corrected chi connectivity index (χ4v) is 1.52. The van der Waals surface area contributed by atoms with Gasteiger partial charge in [-0.3, -0.25) is 0 Å². The zero-order chi connectivity index (χ0) is 20.6. The molecule has 0 heterocycles. The van der Waals surface area contributed by atoms with E-state index >= 15 is 0 Å². The lowest BCUT2D eigenvalue weighted by Crippen LogP contribution is -2.67. The summed E-state index contributed by atoms with van der Waals surface area (Å²) in [5.74, 6) is -26.5. The van der Waals surface area contributed by atoms with Crippen molar-refractivity contribution in [1.29, 1.82) is 0 Å². The maximum absolute atomic E-state index is 13.4. The Morgan fingerprint density at radius 2 is 1.19 bits per heavy atom. The summed E-state index contributed by atoms with van der Waals surface area (Å²) in [6.07, 6.45) is -2.22. The Morgan fingerprint density at radius 3 is 1.58 bits per heavy atom. The van der Waals surface area contributed by atoms with Crippen LogP contribution in [-0.4, -0.2) is 36.5 Å². The summed E-state index contributed by atoms with van der Waals surface area (Å²) in [6, 6.07) is 3.90. The molecule has 0 N–H and O–H groups in total. The fraction of sp³-hybridized carbons (Fsp3) is 0.429. The SMILES string of the molecule is C#Cc1ccc(OCC(F)(F)C(F)(F)C(F)(F)C(F)(F)C(F)(F)F)cc1. The zero-order valence-electron chi connectivity index (χ0n) is 12.2. The van der Waals surface area contributed by atoms with Crippen LogP contribution < -0.4 is 4.74 Å². The van der Waals surface area contributed by atoms with Crippen LogP contribution in [0.5, 0.6) is 5.75 Å². The Hall–Kier alpha value is -2.19. The third-order valence-electron chi connectivity index (χ3n) is 3.05. The number of alkyl halides is 11. The van der Waals surface area contributed by atoms with Gasteiger partial charge in [0.15, 0.2) is 6.61 Å². The van der Waals surface area contributed by atoms with Crippen molar-refractivity contribution in [2.75, 3.05) is 6.61 Å². The summed E-state index contributed by atoms with van der Waals surface area (Å²) in [4.78, 5) is 0. The molecule has 0 saturated heterocycles. The van der Waals surface area contributed by atoms with Crippen molar-refractivity contribution in [3.05, 3.63) is 29.8 Å². The van der Waals surface area contributed by atoms with Crippen LogP contribution in [0.25, 0.3) is 0 Å². The smallest absolute Gasteiger partial charge is 0.460 e. The van der Waals surface area contributed by atoms with E-state index in [1.807, 2.05) is 0 Å². The molecular formula is C14H7F11O. The lowest BCUT2D eigenvalue weighted by molar-refractivity contribution is -0.423. The highest BCUT2D eigenvalue weighted by molar-refractivity contribution is 5.36. The Kier molecular flexibility index (Phi) is 5.48. The molecule has 1 aromatic carbocycles. The van der Waals surface area contributed by atoms with Crippen LogP contribution >= 0.6 is 0 Å². The number of terminal acetylenes is 1. The van der Waals surface area contributed by atoms with E-state index in [0.29, 0.717) is 0 Å². The van der Waals surface area contributed by atoms with Crippen molar-refractivity contribution in [2.24, 2.45) is 0 Å². The van der Waals surface area contributed by atoms with Crippen LogP contribution in [0.2, 0.25) is 0 Å². The second-order valence-corrected chi connectivity index (χ2v) is 4.88. The molecule has 1 rings (SSSR count). The number of hydrogen-bond donors (Lipinski definition) is 0. The van der Waals surface area contributed by atoms with Gasteiger partial charge >= 0.3 is 29.9 Å². The van der Waals surface area contributed by atoms with E-state index in [4.69, 9.17) is 6.42 Å². The van der Waals surface area contributed by atoms with E-state index in [9.17, 15) is 48.3 Å². The molecule has 1 nitrogen and oxygen atoms in total. The van der Waals surface area contributed by atoms with Crippen molar-refractivity contribution in [3.63, 3.8) is 0 Å². The molecule has 0 unspecified atom stereocenters. The highest BCUT2D eigenvalue weighted by atomic mass is 19.4. The van der Waals surface area contributed by atoms with E-state index in [0.717, 1.165) is 24.3 Å². The quantitative estimate of drug-likeness (QED) is 0.474. The molecular weight excluding hydrogens is 393 g/mol. The number of benzene rings is 1. The van der Waals surface area contributed by atoms with E-state index in [2.05, 4.69) is 10.7 Å². The molecule has 12 heteroatoms. The number of hydrogen-bond acceptors (Lipinski definition) is 1. The van der Waals surface area contributed by atoms with Gasteiger partial charge in [0, 0.05) is 5.56 Å². The van der Waals surface area contributed by atoms with E-state index in [-0.39, 0.29) is 5.56 Å². The second kappa shape index (κ2) is 6.51. The molecule has 146 valence electrons. The minimum absolute atomic E-state index is 0.200. The number of ether oxygens (including phenoxy) is 1. The maximum atomic E-state index is 13.4. The van der Waals surface area contributed by atoms with Gasteiger partial charge < -0.3 is 4.74 Å². The summed E-state index contributed by atoms with van der Waals surface area (Å²) in [7, 11) is 0. The van der Waals surface area contributed by atoms with E-state index < -0.39 is 42.2 Å². The van der Waals surface area contributed by atoms with Gasteiger partial charge in [0.05, 0.1) is 0 Å². The molecule has 0 amide bonds. The fourth-order valence-electron chi connectivity index (χ4n) is 1.52. The normalized spacial score (nSPS) is 14.1. The van der Waals surface area contributed by atoms with Crippen LogP contribution in [0.3, 0.4) is 0 Å². The summed E-state index contributed by atoms with van der Waals surface area (Å²) in [5.41, 5.74) is 0.200. The molecule has 0 radical (unpaired) electrons. The first-order valence-electron chi connectivity index (χ1n) is 6.29. The molecule has 1 aromatic rings. The van der Waals surface area contributed by atoms with Crippen LogP contribution in [0.1, 0.15) is 5.56 Å². The first-order valence-corrected chi connectivity index (χ1v) is 6.29. The summed E-state index contributed by atoms with van der Waals surface area (Å²) >= 11 is 0. The molecule has 0 atom stereocenters. The highest BCUT2D eigenvalue weighted by Crippen LogP contribution is 2.57. The van der Waals surface area contributed by atoms with Crippen molar-refractivity contribution in [2.45, 2.75) is 29.9 Å². The van der Waals surface area contributed by atoms with Crippen molar-refractivity contribution < 1.29 is 53.0 Å². The molecule has 0 bridgehead atoms. The van der Waals surface area contributed by atoms with Crippen LogP contribution in [0.15, 0.2) is 24.3 Å². The maximum Gasteiger partial charge on any atom is 0.460 e. The topological polar surface area (TPSA) is 9.23 Å². The van der Waals surface area contributed by atoms with Gasteiger partial charge in [-0.25, -0.2) is 0 Å². The number of rotatable bonds is 6. The molecule has 0 spiro atoms. The first-order chi connectivity index (χ1) is 11.5. The standard InChI is InChI=1S/C14H7F11O/c1-2-8-3-5-9(6-4-8)26-7-10(15,16)11(17,18)12(19,20)13(21,22)14(23,24)25/h1,3-6H,7H2. The molecule has 0 aromatic heterocycles. The Morgan fingerprint density at radius 1 is 0.731 bits per heavy atom. The van der Waals surface area contributed by atoms with E-state index in [1.54, 1.807) is 0 Å². The lowest BCUT2D eigenvalue weighted by Gasteiger charge is -2.37. The molecule has 0 aliphatic carbocycles. The zero-order valence-corrected chi connectivity index (χ0v) is 12.2. The van der Waals surface area contributed by atoms with Crippen LogP contribution in [0, 0.1) is 12.3 Å². The average molecular weight is 400 g/mol. The number of halogens is 11. The second-order valence-electron chi connectivity index (χ2n) is 4.88. The van der Waals surface area contributed by atoms with Gasteiger partial charge in [-0.2, -0.15) is 48.3 Å². The van der Waals surface area contributed by atoms with Crippen molar-refractivity contribution in [3.8, 4) is 18.1 Å². The van der Waals surface area contributed by atoms with Gasteiger partial charge in [0.2, 0.25) is 0 Å². The van der Waals surface area contributed by atoms with Crippen LogP contribution in [0.4, 0.5) is 48.3 Å². The predicted octanol–water partition coefficient (Wildman–Crippen LogP) is 5.15. The molecule has 26 heavy (non-hydrogen) atoms. The van der Waals surface area contributed by atoms with Gasteiger partial charge in [-0.1, -0.05) is 5.92 Å². The summed E-state index contributed by atoms with van der Waals surface area (Å²) in [5, 5.41) is 0. The van der Waals surface area contributed by atoms with Crippen molar-refractivity contribution >= 4 is 0 Å². The Labute approximate surface area is 138 Å². The Bertz CT molecular complexity index is 668. The molecule has 0 fully saturated rings. The Balaban J connectivity index is 3.09. The van der Waals surface area contributed by atoms with E-state index in [1.165, 1.54) is 0 Å². The first kappa shape index (κ1) is 21.9. The molecule has 0 aliphatic rings. The van der Waals surface area contributed by atoms with Gasteiger partial charge in [0.25, 0.3) is 0 Å². The van der Waals surface area contributed by atoms with Crippen molar-refractivity contribution in [1.82, 2.24) is 0 Å². The van der Waals surface area contributed by atoms with Gasteiger partial charge in [0.1, 0.15) is 5.75 Å². The highest BCUT2D eigenvalue weighted by Gasteiger charge is 2.87. The monoisotopic (exact) mass is 400 g/mol. The summed E-state index contributed by atoms with van der Waals surface area (Å²) < 4.78 is 144. The largest absolute Gasteiger partial charge is 0.487 e. The van der Waals surface area contributed by atoms with Crippen LogP contribution in [-0.2, 0) is 0 Å². The predicted molar refractivity (Wildman–Crippen MR) is 65.7 cm³/mol. The minimum atomic E-state index is -7.45. The third kappa shape index (κ3) is 3.52. The molecule has 0 saturated carbocycles.